The van der Waals surface area contributed by atoms with Crippen molar-refractivity contribution >= 4 is 7.85 Å². The molecule has 0 spiro atoms. The van der Waals surface area contributed by atoms with Crippen LogP contribution in [0, 0.1) is 0 Å². The van der Waals surface area contributed by atoms with Crippen LogP contribution >= 0.6 is 0 Å². The molecule has 0 radical (unpaired) electrons. The topological polar surface area (TPSA) is 0 Å². The van der Waals surface area contributed by atoms with Gasteiger partial charge in [-0.1, -0.05) is 0 Å². The van der Waals surface area contributed by atoms with E-state index in [4.69, 9.17) is 0 Å². The van der Waals surface area contributed by atoms with Crippen molar-refractivity contribution in [3.8, 4) is 0 Å². The Morgan fingerprint density at radius 3 is 1.57 bits per heavy atom. The molecule has 40 valence electrons. The van der Waals surface area contributed by atoms with Crippen molar-refractivity contribution in [1.29, 1.82) is 0 Å². The molecule has 0 aromatic rings. The molecule has 0 amide bonds. The Morgan fingerprint density at radius 1 is 1.43 bits per heavy atom. The molecule has 0 atom stereocenters. The summed E-state index contributed by atoms with van der Waals surface area (Å²) in [6, 6.07) is 0. The first-order valence-corrected chi connectivity index (χ1v) is 1.67. The molecule has 4 heteroatoms. The molecular formula is C3H4BF3. The molecule has 0 aromatic carbocycles. The van der Waals surface area contributed by atoms with Crippen molar-refractivity contribution in [3.05, 3.63) is 12.1 Å². The van der Waals surface area contributed by atoms with Crippen LogP contribution in [0.5, 0.6) is 0 Å². The van der Waals surface area contributed by atoms with Gasteiger partial charge in [-0.05, 0) is 5.47 Å². The van der Waals surface area contributed by atoms with Crippen molar-refractivity contribution < 1.29 is 13.2 Å². The summed E-state index contributed by atoms with van der Waals surface area (Å²) in [4.78, 5) is 0. The zero-order valence-corrected chi connectivity index (χ0v) is 3.84. The summed E-state index contributed by atoms with van der Waals surface area (Å²) in [5, 5.41) is 0. The van der Waals surface area contributed by atoms with Crippen LogP contribution in [0.25, 0.3) is 0 Å². The standard InChI is InChI=1S/C3H4BF3/c1-2(4)3(5,6)7/h1,4H2. The number of hydrogen-bond acceptors (Lipinski definition) is 0. The summed E-state index contributed by atoms with van der Waals surface area (Å²) in [5.74, 6) is 0. The largest absolute Gasteiger partial charge is 0.403 e. The number of halogens is 3. The van der Waals surface area contributed by atoms with Crippen molar-refractivity contribution in [2.45, 2.75) is 6.18 Å². The van der Waals surface area contributed by atoms with Crippen LogP contribution in [-0.2, 0) is 0 Å². The molecule has 0 aliphatic heterocycles. The Bertz CT molecular complexity index is 82.7. The van der Waals surface area contributed by atoms with Crippen molar-refractivity contribution in [3.63, 3.8) is 0 Å². The molecule has 0 bridgehead atoms. The fraction of sp³-hybridized carbons (Fsp3) is 0.333. The first-order valence-electron chi connectivity index (χ1n) is 1.67. The molecule has 0 saturated heterocycles. The van der Waals surface area contributed by atoms with E-state index < -0.39 is 11.6 Å². The van der Waals surface area contributed by atoms with Gasteiger partial charge >= 0.3 is 6.18 Å². The summed E-state index contributed by atoms with van der Waals surface area (Å²) in [6.45, 7) is 2.70. The van der Waals surface area contributed by atoms with Gasteiger partial charge in [0.2, 0.25) is 0 Å². The van der Waals surface area contributed by atoms with E-state index in [9.17, 15) is 13.2 Å². The maximum Gasteiger partial charge on any atom is 0.403 e. The maximum absolute atomic E-state index is 11.1. The van der Waals surface area contributed by atoms with Crippen LogP contribution in [-0.4, -0.2) is 14.0 Å². The fourth-order valence-electron chi connectivity index (χ4n) is 0. The summed E-state index contributed by atoms with van der Waals surface area (Å²) in [6.07, 6.45) is -4.19. The predicted octanol–water partition coefficient (Wildman–Crippen LogP) is 0.696. The quantitative estimate of drug-likeness (QED) is 0.400. The molecule has 0 heterocycles. The Labute approximate surface area is 40.4 Å². The van der Waals surface area contributed by atoms with E-state index in [2.05, 4.69) is 6.58 Å². The fourth-order valence-corrected chi connectivity index (χ4v) is 0. The first-order chi connectivity index (χ1) is 2.94. The van der Waals surface area contributed by atoms with E-state index in [1.807, 2.05) is 0 Å². The van der Waals surface area contributed by atoms with Gasteiger partial charge in [0.25, 0.3) is 0 Å². The molecule has 0 fully saturated rings. The lowest BCUT2D eigenvalue weighted by molar-refractivity contribution is -0.0842. The number of allylic oxidation sites excluding steroid dienone is 1. The molecule has 0 saturated carbocycles. The van der Waals surface area contributed by atoms with Crippen LogP contribution in [0.15, 0.2) is 12.1 Å². The zero-order valence-electron chi connectivity index (χ0n) is 3.84. The second-order valence-electron chi connectivity index (χ2n) is 1.28. The van der Waals surface area contributed by atoms with Gasteiger partial charge in [-0.3, -0.25) is 0 Å². The summed E-state index contributed by atoms with van der Waals surface area (Å²) in [7, 11) is 0.931. The predicted molar refractivity (Wildman–Crippen MR) is 23.7 cm³/mol. The monoisotopic (exact) mass is 108 g/mol. The smallest absolute Gasteiger partial charge is 0.167 e. The highest BCUT2D eigenvalue weighted by atomic mass is 19.4. The lowest BCUT2D eigenvalue weighted by Crippen LogP contribution is -2.09. The lowest BCUT2D eigenvalue weighted by atomic mass is 9.98. The minimum atomic E-state index is -4.19. The van der Waals surface area contributed by atoms with Crippen LogP contribution in [0.4, 0.5) is 13.2 Å². The van der Waals surface area contributed by atoms with E-state index in [0.29, 0.717) is 0 Å². The summed E-state index contributed by atoms with van der Waals surface area (Å²) in [5.41, 5.74) is -0.757. The Balaban J connectivity index is 3.79. The van der Waals surface area contributed by atoms with Crippen LogP contribution in [0.2, 0.25) is 0 Å². The summed E-state index contributed by atoms with van der Waals surface area (Å²) < 4.78 is 33.2. The molecule has 0 N–H and O–H groups in total. The van der Waals surface area contributed by atoms with Gasteiger partial charge in [0, 0.05) is 0 Å². The second kappa shape index (κ2) is 1.60. The van der Waals surface area contributed by atoms with Gasteiger partial charge < -0.3 is 0 Å². The van der Waals surface area contributed by atoms with Crippen LogP contribution < -0.4 is 0 Å². The molecular weight excluding hydrogens is 104 g/mol. The van der Waals surface area contributed by atoms with Gasteiger partial charge in [-0.15, -0.1) is 6.58 Å². The normalized spacial score (nSPS) is 11.3. The zero-order chi connectivity index (χ0) is 6.08. The van der Waals surface area contributed by atoms with E-state index in [-0.39, 0.29) is 0 Å². The molecule has 0 nitrogen and oxygen atoms in total. The average Bonchev–Trinajstić information content (AvgIpc) is 1.31. The van der Waals surface area contributed by atoms with Gasteiger partial charge in [0.15, 0.2) is 0 Å². The highest BCUT2D eigenvalue weighted by Gasteiger charge is 2.27. The first kappa shape index (κ1) is 6.59. The van der Waals surface area contributed by atoms with E-state index >= 15 is 0 Å². The van der Waals surface area contributed by atoms with Gasteiger partial charge in [-0.2, -0.15) is 13.2 Å². The van der Waals surface area contributed by atoms with Crippen LogP contribution in [0.1, 0.15) is 0 Å². The van der Waals surface area contributed by atoms with Gasteiger partial charge in [-0.25, -0.2) is 0 Å². The minimum absolute atomic E-state index is 0.757. The average molecular weight is 108 g/mol. The third kappa shape index (κ3) is 2.31. The van der Waals surface area contributed by atoms with E-state index in [1.165, 1.54) is 0 Å². The third-order valence-corrected chi connectivity index (χ3v) is 0.484. The summed E-state index contributed by atoms with van der Waals surface area (Å²) >= 11 is 0. The molecule has 0 rings (SSSR count). The Kier molecular flexibility index (Phi) is 1.51. The van der Waals surface area contributed by atoms with E-state index in [1.54, 1.807) is 0 Å². The molecule has 0 aliphatic rings. The minimum Gasteiger partial charge on any atom is -0.167 e. The Hall–Kier alpha value is -0.405. The molecule has 7 heavy (non-hydrogen) atoms. The van der Waals surface area contributed by atoms with Crippen molar-refractivity contribution in [2.75, 3.05) is 0 Å². The highest BCUT2D eigenvalue weighted by molar-refractivity contribution is 6.22. The highest BCUT2D eigenvalue weighted by Crippen LogP contribution is 2.20. The number of hydrogen-bond donors (Lipinski definition) is 0. The molecule has 0 unspecified atom stereocenters. The Morgan fingerprint density at radius 2 is 1.57 bits per heavy atom. The molecule has 0 aromatic heterocycles. The third-order valence-electron chi connectivity index (χ3n) is 0.484. The number of rotatable bonds is 0. The van der Waals surface area contributed by atoms with Crippen molar-refractivity contribution in [2.24, 2.45) is 0 Å². The molecule has 0 aliphatic carbocycles. The lowest BCUT2D eigenvalue weighted by Gasteiger charge is -2.01. The van der Waals surface area contributed by atoms with Gasteiger partial charge in [0.1, 0.15) is 7.85 Å². The second-order valence-corrected chi connectivity index (χ2v) is 1.28. The van der Waals surface area contributed by atoms with Crippen LogP contribution in [0.3, 0.4) is 0 Å². The van der Waals surface area contributed by atoms with Crippen molar-refractivity contribution in [1.82, 2.24) is 0 Å². The van der Waals surface area contributed by atoms with Gasteiger partial charge in [0.05, 0.1) is 0 Å². The SMILES string of the molecule is BC(=C)C(F)(F)F. The maximum atomic E-state index is 11.1. The number of alkyl halides is 3. The van der Waals surface area contributed by atoms with E-state index in [0.717, 1.165) is 7.85 Å².